The van der Waals surface area contributed by atoms with Gasteiger partial charge >= 0.3 is 0 Å². The molecule has 3 heteroatoms. The Labute approximate surface area is 102 Å². The molecule has 2 aliphatic rings. The minimum atomic E-state index is 0.290. The van der Waals surface area contributed by atoms with Crippen LogP contribution in [0.1, 0.15) is 17.5 Å². The molecule has 0 spiro atoms. The maximum absolute atomic E-state index is 12.0. The standard InChI is InChI=1S/C14H18N2O/c15-8-10-5-14(17)16(9-10)13-6-11-3-1-2-4-12(11)7-13/h1-4,10,13H,5-9,15H2. The zero-order valence-electron chi connectivity index (χ0n) is 9.93. The van der Waals surface area contributed by atoms with Crippen molar-refractivity contribution in [3.8, 4) is 0 Å². The summed E-state index contributed by atoms with van der Waals surface area (Å²) in [6, 6.07) is 8.88. The predicted octanol–water partition coefficient (Wildman–Crippen LogP) is 0.961. The van der Waals surface area contributed by atoms with Gasteiger partial charge in [-0.3, -0.25) is 4.79 Å². The lowest BCUT2D eigenvalue weighted by Gasteiger charge is -2.24. The van der Waals surface area contributed by atoms with Crippen molar-refractivity contribution in [3.63, 3.8) is 0 Å². The number of fused-ring (bicyclic) bond motifs is 1. The van der Waals surface area contributed by atoms with Crippen LogP contribution in [0.15, 0.2) is 24.3 Å². The van der Waals surface area contributed by atoms with E-state index in [1.54, 1.807) is 0 Å². The quantitative estimate of drug-likeness (QED) is 0.822. The third-order valence-electron chi connectivity index (χ3n) is 4.04. The molecule has 1 fully saturated rings. The minimum absolute atomic E-state index is 0.290. The van der Waals surface area contributed by atoms with Crippen molar-refractivity contribution in [2.75, 3.05) is 13.1 Å². The molecular formula is C14H18N2O. The molecule has 2 N–H and O–H groups in total. The Kier molecular flexibility index (Phi) is 2.63. The summed E-state index contributed by atoms with van der Waals surface area (Å²) in [6.07, 6.45) is 2.67. The molecule has 1 atom stereocenters. The highest BCUT2D eigenvalue weighted by molar-refractivity contribution is 5.79. The fourth-order valence-electron chi connectivity index (χ4n) is 3.08. The van der Waals surface area contributed by atoms with Crippen LogP contribution in [0.2, 0.25) is 0 Å². The summed E-state index contributed by atoms with van der Waals surface area (Å²) in [4.78, 5) is 14.0. The molecule has 0 saturated carbocycles. The van der Waals surface area contributed by atoms with E-state index >= 15 is 0 Å². The fraction of sp³-hybridized carbons (Fsp3) is 0.500. The van der Waals surface area contributed by atoms with E-state index in [1.165, 1.54) is 11.1 Å². The molecule has 0 bridgehead atoms. The average molecular weight is 230 g/mol. The molecule has 1 unspecified atom stereocenters. The van der Waals surface area contributed by atoms with Gasteiger partial charge in [0.25, 0.3) is 0 Å². The van der Waals surface area contributed by atoms with Crippen LogP contribution in [-0.2, 0) is 17.6 Å². The number of benzene rings is 1. The number of hydrogen-bond donors (Lipinski definition) is 1. The Morgan fingerprint density at radius 1 is 1.18 bits per heavy atom. The molecule has 3 rings (SSSR count). The van der Waals surface area contributed by atoms with Crippen molar-refractivity contribution < 1.29 is 4.79 Å². The molecule has 1 amide bonds. The lowest BCUT2D eigenvalue weighted by Crippen LogP contribution is -2.37. The van der Waals surface area contributed by atoms with Crippen LogP contribution < -0.4 is 5.73 Å². The van der Waals surface area contributed by atoms with E-state index in [0.717, 1.165) is 19.4 Å². The van der Waals surface area contributed by atoms with Gasteiger partial charge in [-0.05, 0) is 36.4 Å². The number of hydrogen-bond acceptors (Lipinski definition) is 2. The van der Waals surface area contributed by atoms with E-state index in [-0.39, 0.29) is 0 Å². The summed E-state index contributed by atoms with van der Waals surface area (Å²) in [5.74, 6) is 0.657. The first-order chi connectivity index (χ1) is 8.28. The summed E-state index contributed by atoms with van der Waals surface area (Å²) in [6.45, 7) is 1.48. The van der Waals surface area contributed by atoms with Crippen LogP contribution in [0, 0.1) is 5.92 Å². The molecule has 17 heavy (non-hydrogen) atoms. The maximum Gasteiger partial charge on any atom is 0.223 e. The van der Waals surface area contributed by atoms with Crippen molar-refractivity contribution >= 4 is 5.91 Å². The Balaban J connectivity index is 1.75. The van der Waals surface area contributed by atoms with Gasteiger partial charge in [-0.1, -0.05) is 24.3 Å². The summed E-state index contributed by atoms with van der Waals surface area (Å²) < 4.78 is 0. The number of amides is 1. The van der Waals surface area contributed by atoms with E-state index in [2.05, 4.69) is 29.2 Å². The van der Waals surface area contributed by atoms with Gasteiger partial charge in [-0.15, -0.1) is 0 Å². The van der Waals surface area contributed by atoms with Gasteiger partial charge in [0.1, 0.15) is 0 Å². The predicted molar refractivity (Wildman–Crippen MR) is 66.5 cm³/mol. The summed E-state index contributed by atoms with van der Waals surface area (Å²) in [5, 5.41) is 0. The van der Waals surface area contributed by atoms with E-state index in [0.29, 0.717) is 30.8 Å². The SMILES string of the molecule is NCC1CC(=O)N(C2Cc3ccccc3C2)C1. The molecule has 3 nitrogen and oxygen atoms in total. The monoisotopic (exact) mass is 230 g/mol. The number of carbonyl (C=O) groups is 1. The van der Waals surface area contributed by atoms with Gasteiger partial charge < -0.3 is 10.6 Å². The smallest absolute Gasteiger partial charge is 0.223 e. The summed E-state index contributed by atoms with van der Waals surface area (Å²) in [7, 11) is 0. The van der Waals surface area contributed by atoms with Crippen molar-refractivity contribution in [2.24, 2.45) is 11.7 Å². The van der Waals surface area contributed by atoms with Crippen LogP contribution in [-0.4, -0.2) is 29.9 Å². The van der Waals surface area contributed by atoms with Gasteiger partial charge in [-0.25, -0.2) is 0 Å². The number of likely N-dealkylation sites (tertiary alicyclic amines) is 1. The number of nitrogens with two attached hydrogens (primary N) is 1. The van der Waals surface area contributed by atoms with Gasteiger partial charge in [0.05, 0.1) is 0 Å². The van der Waals surface area contributed by atoms with Crippen LogP contribution >= 0.6 is 0 Å². The summed E-state index contributed by atoms with van der Waals surface area (Å²) >= 11 is 0. The third kappa shape index (κ3) is 1.84. The molecule has 1 aliphatic heterocycles. The zero-order valence-corrected chi connectivity index (χ0v) is 9.93. The first-order valence-electron chi connectivity index (χ1n) is 6.34. The molecule has 1 aromatic carbocycles. The van der Waals surface area contributed by atoms with Crippen molar-refractivity contribution in [1.29, 1.82) is 0 Å². The zero-order chi connectivity index (χ0) is 11.8. The average Bonchev–Trinajstić information content (AvgIpc) is 2.91. The molecule has 1 aromatic rings. The molecule has 90 valence electrons. The summed E-state index contributed by atoms with van der Waals surface area (Å²) in [5.41, 5.74) is 8.47. The maximum atomic E-state index is 12.0. The van der Waals surface area contributed by atoms with Gasteiger partial charge in [-0.2, -0.15) is 0 Å². The van der Waals surface area contributed by atoms with Gasteiger partial charge in [0, 0.05) is 19.0 Å². The van der Waals surface area contributed by atoms with Gasteiger partial charge in [0.15, 0.2) is 0 Å². The lowest BCUT2D eigenvalue weighted by atomic mass is 10.1. The largest absolute Gasteiger partial charge is 0.339 e. The first-order valence-corrected chi connectivity index (χ1v) is 6.34. The van der Waals surface area contributed by atoms with E-state index < -0.39 is 0 Å². The Morgan fingerprint density at radius 2 is 1.82 bits per heavy atom. The van der Waals surface area contributed by atoms with Crippen LogP contribution in [0.3, 0.4) is 0 Å². The minimum Gasteiger partial charge on any atom is -0.339 e. The Bertz CT molecular complexity index is 419. The number of rotatable bonds is 2. The van der Waals surface area contributed by atoms with Gasteiger partial charge in [0.2, 0.25) is 5.91 Å². The highest BCUT2D eigenvalue weighted by atomic mass is 16.2. The second-order valence-corrected chi connectivity index (χ2v) is 5.18. The third-order valence-corrected chi connectivity index (χ3v) is 4.04. The van der Waals surface area contributed by atoms with Crippen LogP contribution in [0.25, 0.3) is 0 Å². The Morgan fingerprint density at radius 3 is 2.35 bits per heavy atom. The highest BCUT2D eigenvalue weighted by Gasteiger charge is 2.36. The molecule has 0 aromatic heterocycles. The van der Waals surface area contributed by atoms with Crippen LogP contribution in [0.4, 0.5) is 0 Å². The molecule has 0 radical (unpaired) electrons. The van der Waals surface area contributed by atoms with Crippen molar-refractivity contribution in [1.82, 2.24) is 4.90 Å². The second kappa shape index (κ2) is 4.15. The normalized spacial score (nSPS) is 24.4. The fourth-order valence-corrected chi connectivity index (χ4v) is 3.08. The van der Waals surface area contributed by atoms with E-state index in [9.17, 15) is 4.79 Å². The van der Waals surface area contributed by atoms with E-state index in [1.807, 2.05) is 0 Å². The van der Waals surface area contributed by atoms with Crippen molar-refractivity contribution in [2.45, 2.75) is 25.3 Å². The topological polar surface area (TPSA) is 46.3 Å². The lowest BCUT2D eigenvalue weighted by molar-refractivity contribution is -0.129. The molecule has 1 saturated heterocycles. The second-order valence-electron chi connectivity index (χ2n) is 5.18. The highest BCUT2D eigenvalue weighted by Crippen LogP contribution is 2.29. The van der Waals surface area contributed by atoms with Crippen LogP contribution in [0.5, 0.6) is 0 Å². The Hall–Kier alpha value is -1.35. The molecule has 1 aliphatic carbocycles. The van der Waals surface area contributed by atoms with Crippen molar-refractivity contribution in [3.05, 3.63) is 35.4 Å². The number of carbonyl (C=O) groups excluding carboxylic acids is 1. The van der Waals surface area contributed by atoms with E-state index in [4.69, 9.17) is 5.73 Å². The molecular weight excluding hydrogens is 212 g/mol. The molecule has 1 heterocycles. The first kappa shape index (κ1) is 10.8. The number of nitrogens with zero attached hydrogens (tertiary/aromatic N) is 1.